The van der Waals surface area contributed by atoms with Gasteiger partial charge in [0.1, 0.15) is 9.23 Å². The predicted molar refractivity (Wildman–Crippen MR) is 109 cm³/mol. The average molecular weight is 487 g/mol. The molecule has 0 bridgehead atoms. The molecular weight excluding hydrogens is 468 g/mol. The molecule has 1 aromatic heterocycles. The van der Waals surface area contributed by atoms with Crippen molar-refractivity contribution in [3.63, 3.8) is 0 Å². The van der Waals surface area contributed by atoms with E-state index in [0.29, 0.717) is 42.4 Å². The van der Waals surface area contributed by atoms with E-state index in [2.05, 4.69) is 0 Å². The second-order valence-corrected chi connectivity index (χ2v) is 11.1. The van der Waals surface area contributed by atoms with Crippen LogP contribution in [0.1, 0.15) is 24.0 Å². The second-order valence-electron chi connectivity index (χ2n) is 6.94. The van der Waals surface area contributed by atoms with Crippen molar-refractivity contribution in [2.45, 2.75) is 36.5 Å². The van der Waals surface area contributed by atoms with E-state index in [1.54, 1.807) is 6.07 Å². The fraction of sp³-hybridized carbons (Fsp3) is 0.444. The maximum Gasteiger partial charge on any atom is 0.416 e. The molecule has 1 fully saturated rings. The van der Waals surface area contributed by atoms with Crippen molar-refractivity contribution in [3.8, 4) is 0 Å². The number of sulfonamides is 1. The molecule has 2 aromatic rings. The number of hydrogen-bond donors (Lipinski definition) is 0. The van der Waals surface area contributed by atoms with Gasteiger partial charge in [-0.3, -0.25) is 4.90 Å². The van der Waals surface area contributed by atoms with E-state index in [-0.39, 0.29) is 15.3 Å². The second kappa shape index (κ2) is 8.72. The first-order valence-electron chi connectivity index (χ1n) is 8.80. The van der Waals surface area contributed by atoms with Crippen molar-refractivity contribution >= 4 is 44.6 Å². The maximum atomic E-state index is 12.9. The molecule has 0 saturated carbocycles. The molecule has 0 amide bonds. The van der Waals surface area contributed by atoms with Gasteiger partial charge in [0.2, 0.25) is 10.0 Å². The van der Waals surface area contributed by atoms with Crippen molar-refractivity contribution < 1.29 is 21.6 Å². The van der Waals surface area contributed by atoms with Gasteiger partial charge in [0.25, 0.3) is 0 Å². The standard InChI is InChI=1S/C18H19Cl2F3N2O2S2/c1-24(11-12-3-2-4-13(9-12)18(21,22)23)14-5-7-25(8-6-14)29(26,27)15-10-16(19)28-17(15)20/h2-4,9-10,14H,5-8,11H2,1H3. The SMILES string of the molecule is CN(Cc1cccc(C(F)(F)F)c1)C1CCN(S(=O)(=O)c2cc(Cl)sc2Cl)CC1. The number of benzene rings is 1. The van der Waals surface area contributed by atoms with Crippen LogP contribution in [-0.4, -0.2) is 43.8 Å². The molecule has 1 aliphatic heterocycles. The third kappa shape index (κ3) is 5.26. The Bertz CT molecular complexity index is 972. The molecule has 2 heterocycles. The van der Waals surface area contributed by atoms with E-state index in [0.717, 1.165) is 23.5 Å². The van der Waals surface area contributed by atoms with E-state index >= 15 is 0 Å². The van der Waals surface area contributed by atoms with Crippen LogP contribution in [0.3, 0.4) is 0 Å². The summed E-state index contributed by atoms with van der Waals surface area (Å²) in [7, 11) is -1.88. The van der Waals surface area contributed by atoms with Crippen LogP contribution in [0.5, 0.6) is 0 Å². The first-order valence-corrected chi connectivity index (χ1v) is 11.8. The molecule has 4 nitrogen and oxygen atoms in total. The molecule has 160 valence electrons. The van der Waals surface area contributed by atoms with E-state index < -0.39 is 21.8 Å². The minimum atomic E-state index is -4.37. The zero-order valence-electron chi connectivity index (χ0n) is 15.4. The number of halogens is 5. The molecule has 0 atom stereocenters. The van der Waals surface area contributed by atoms with Crippen LogP contribution >= 0.6 is 34.5 Å². The molecule has 1 saturated heterocycles. The number of alkyl halides is 3. The summed E-state index contributed by atoms with van der Waals surface area (Å²) in [4.78, 5) is 1.98. The predicted octanol–water partition coefficient (Wildman–Crippen LogP) is 5.36. The first kappa shape index (κ1) is 22.8. The molecule has 11 heteroatoms. The van der Waals surface area contributed by atoms with Gasteiger partial charge in [0, 0.05) is 25.7 Å². The number of piperidine rings is 1. The Kier molecular flexibility index (Phi) is 6.87. The van der Waals surface area contributed by atoms with Crippen molar-refractivity contribution in [1.29, 1.82) is 0 Å². The fourth-order valence-electron chi connectivity index (χ4n) is 3.43. The quantitative estimate of drug-likeness (QED) is 0.571. The third-order valence-electron chi connectivity index (χ3n) is 4.98. The van der Waals surface area contributed by atoms with Gasteiger partial charge in [-0.2, -0.15) is 17.5 Å². The molecule has 0 unspecified atom stereocenters. The largest absolute Gasteiger partial charge is 0.416 e. The van der Waals surface area contributed by atoms with Crippen LogP contribution in [0.2, 0.25) is 8.67 Å². The normalized spacial score (nSPS) is 17.2. The first-order chi connectivity index (χ1) is 13.5. The smallest absolute Gasteiger partial charge is 0.299 e. The van der Waals surface area contributed by atoms with E-state index in [9.17, 15) is 21.6 Å². The van der Waals surface area contributed by atoms with Gasteiger partial charge in [-0.15, -0.1) is 11.3 Å². The lowest BCUT2D eigenvalue weighted by Gasteiger charge is -2.36. The topological polar surface area (TPSA) is 40.6 Å². The molecule has 1 aromatic carbocycles. The Morgan fingerprint density at radius 3 is 2.41 bits per heavy atom. The molecule has 0 radical (unpaired) electrons. The summed E-state index contributed by atoms with van der Waals surface area (Å²) in [6.45, 7) is 0.973. The van der Waals surface area contributed by atoms with Gasteiger partial charge in [0.05, 0.1) is 9.90 Å². The summed E-state index contributed by atoms with van der Waals surface area (Å²) in [5.74, 6) is 0. The van der Waals surface area contributed by atoms with Crippen molar-refractivity contribution in [2.75, 3.05) is 20.1 Å². The number of hydrogen-bond acceptors (Lipinski definition) is 4. The van der Waals surface area contributed by atoms with Gasteiger partial charge in [-0.25, -0.2) is 8.42 Å². The van der Waals surface area contributed by atoms with Gasteiger partial charge >= 0.3 is 6.18 Å². The minimum absolute atomic E-state index is 0.0185. The van der Waals surface area contributed by atoms with Crippen LogP contribution in [-0.2, 0) is 22.7 Å². The Hall–Kier alpha value is -0.840. The van der Waals surface area contributed by atoms with Crippen molar-refractivity contribution in [1.82, 2.24) is 9.21 Å². The molecular formula is C18H19Cl2F3N2O2S2. The fourth-order valence-corrected chi connectivity index (χ4v) is 7.01. The van der Waals surface area contributed by atoms with E-state index in [1.807, 2.05) is 11.9 Å². The minimum Gasteiger partial charge on any atom is -0.299 e. The zero-order chi connectivity index (χ0) is 21.4. The van der Waals surface area contributed by atoms with Crippen LogP contribution in [0, 0.1) is 0 Å². The Morgan fingerprint density at radius 2 is 1.86 bits per heavy atom. The van der Waals surface area contributed by atoms with Crippen LogP contribution < -0.4 is 0 Å². The maximum absolute atomic E-state index is 12.9. The molecule has 1 aliphatic rings. The molecule has 3 rings (SSSR count). The van der Waals surface area contributed by atoms with Gasteiger partial charge in [-0.1, -0.05) is 41.4 Å². The number of rotatable bonds is 5. The molecule has 0 N–H and O–H groups in total. The number of thiophene rings is 1. The van der Waals surface area contributed by atoms with E-state index in [4.69, 9.17) is 23.2 Å². The monoisotopic (exact) mass is 486 g/mol. The van der Waals surface area contributed by atoms with Crippen LogP contribution in [0.15, 0.2) is 35.2 Å². The van der Waals surface area contributed by atoms with E-state index in [1.165, 1.54) is 16.4 Å². The third-order valence-corrected chi connectivity index (χ3v) is 8.63. The Morgan fingerprint density at radius 1 is 1.21 bits per heavy atom. The molecule has 0 spiro atoms. The van der Waals surface area contributed by atoms with Crippen molar-refractivity contribution in [3.05, 3.63) is 50.1 Å². The van der Waals surface area contributed by atoms with Gasteiger partial charge in [0.15, 0.2) is 0 Å². The van der Waals surface area contributed by atoms with Gasteiger partial charge in [-0.05, 0) is 37.6 Å². The number of nitrogens with zero attached hydrogens (tertiary/aromatic N) is 2. The summed E-state index contributed by atoms with van der Waals surface area (Å²) < 4.78 is 66.1. The average Bonchev–Trinajstić information content (AvgIpc) is 3.00. The van der Waals surface area contributed by atoms with Gasteiger partial charge < -0.3 is 0 Å². The summed E-state index contributed by atoms with van der Waals surface area (Å²) in [5, 5.41) is 0. The van der Waals surface area contributed by atoms with Crippen LogP contribution in [0.4, 0.5) is 13.2 Å². The summed E-state index contributed by atoms with van der Waals surface area (Å²) in [5.41, 5.74) is -0.104. The van der Waals surface area contributed by atoms with Crippen LogP contribution in [0.25, 0.3) is 0 Å². The lowest BCUT2D eigenvalue weighted by Crippen LogP contribution is -2.45. The summed E-state index contributed by atoms with van der Waals surface area (Å²) in [6.07, 6.45) is -3.23. The zero-order valence-corrected chi connectivity index (χ0v) is 18.6. The summed E-state index contributed by atoms with van der Waals surface area (Å²) >= 11 is 12.9. The summed E-state index contributed by atoms with van der Waals surface area (Å²) in [6, 6.07) is 6.69. The lowest BCUT2D eigenvalue weighted by molar-refractivity contribution is -0.137. The highest BCUT2D eigenvalue weighted by molar-refractivity contribution is 7.89. The Balaban J connectivity index is 1.63. The lowest BCUT2D eigenvalue weighted by atomic mass is 10.0. The highest BCUT2D eigenvalue weighted by Crippen LogP contribution is 2.36. The Labute approximate surface area is 181 Å². The highest BCUT2D eigenvalue weighted by atomic mass is 35.5. The molecule has 29 heavy (non-hydrogen) atoms. The highest BCUT2D eigenvalue weighted by Gasteiger charge is 2.33. The van der Waals surface area contributed by atoms with Crippen molar-refractivity contribution in [2.24, 2.45) is 0 Å². The molecule has 0 aliphatic carbocycles.